The fourth-order valence-corrected chi connectivity index (χ4v) is 2.82. The summed E-state index contributed by atoms with van der Waals surface area (Å²) in [6, 6.07) is 15.0. The smallest absolute Gasteiger partial charge is 0.228 e. The fourth-order valence-electron chi connectivity index (χ4n) is 2.43. The summed E-state index contributed by atoms with van der Waals surface area (Å²) in [4.78, 5) is 8.59. The Labute approximate surface area is 167 Å². The molecule has 0 saturated carbocycles. The summed E-state index contributed by atoms with van der Waals surface area (Å²) in [7, 11) is 1.71. The lowest BCUT2D eigenvalue weighted by Gasteiger charge is -2.11. The van der Waals surface area contributed by atoms with Gasteiger partial charge in [0, 0.05) is 42.2 Å². The van der Waals surface area contributed by atoms with Crippen molar-refractivity contribution in [2.75, 3.05) is 13.6 Å². The van der Waals surface area contributed by atoms with Crippen LogP contribution in [0, 0.1) is 0 Å². The van der Waals surface area contributed by atoms with E-state index in [0.717, 1.165) is 16.1 Å². The van der Waals surface area contributed by atoms with Gasteiger partial charge in [-0.1, -0.05) is 58.7 Å². The van der Waals surface area contributed by atoms with Crippen LogP contribution < -0.4 is 10.6 Å². The van der Waals surface area contributed by atoms with Crippen molar-refractivity contribution in [2.45, 2.75) is 13.0 Å². The first kappa shape index (κ1) is 19.2. The highest BCUT2D eigenvalue weighted by Gasteiger charge is 2.09. The minimum Gasteiger partial charge on any atom is -0.356 e. The van der Waals surface area contributed by atoms with Gasteiger partial charge in [0.15, 0.2) is 5.96 Å². The van der Waals surface area contributed by atoms with Gasteiger partial charge >= 0.3 is 0 Å². The monoisotopic (exact) mass is 403 g/mol. The van der Waals surface area contributed by atoms with Gasteiger partial charge in [-0.2, -0.15) is 4.98 Å². The van der Waals surface area contributed by atoms with Crippen LogP contribution in [-0.4, -0.2) is 29.7 Å². The van der Waals surface area contributed by atoms with Crippen LogP contribution in [-0.2, 0) is 13.0 Å². The number of aromatic nitrogens is 2. The second-order valence-electron chi connectivity index (χ2n) is 5.72. The maximum Gasteiger partial charge on any atom is 0.228 e. The van der Waals surface area contributed by atoms with Crippen molar-refractivity contribution in [3.05, 3.63) is 70.0 Å². The van der Waals surface area contributed by atoms with E-state index in [1.165, 1.54) is 0 Å². The summed E-state index contributed by atoms with van der Waals surface area (Å²) in [6.07, 6.45) is 0.570. The number of nitrogens with one attached hydrogen (secondary N) is 2. The van der Waals surface area contributed by atoms with Crippen LogP contribution in [0.1, 0.15) is 11.5 Å². The molecule has 2 aromatic carbocycles. The number of rotatable bonds is 6. The number of nitrogens with zero attached hydrogens (tertiary/aromatic N) is 3. The zero-order chi connectivity index (χ0) is 19.1. The van der Waals surface area contributed by atoms with Crippen molar-refractivity contribution < 1.29 is 4.52 Å². The lowest BCUT2D eigenvalue weighted by molar-refractivity contribution is 0.378. The Morgan fingerprint density at radius 1 is 1.11 bits per heavy atom. The van der Waals surface area contributed by atoms with E-state index >= 15 is 0 Å². The molecule has 8 heteroatoms. The first-order valence-electron chi connectivity index (χ1n) is 8.42. The molecule has 0 fully saturated rings. The average molecular weight is 404 g/mol. The first-order valence-corrected chi connectivity index (χ1v) is 9.18. The Morgan fingerprint density at radius 2 is 1.96 bits per heavy atom. The van der Waals surface area contributed by atoms with Crippen LogP contribution in [0.3, 0.4) is 0 Å². The van der Waals surface area contributed by atoms with Gasteiger partial charge in [0.1, 0.15) is 0 Å². The zero-order valence-electron chi connectivity index (χ0n) is 14.7. The maximum atomic E-state index is 6.16. The predicted octanol–water partition coefficient (Wildman–Crippen LogP) is 3.95. The molecule has 0 unspecified atom stereocenters. The molecule has 1 aromatic heterocycles. The molecule has 3 aromatic rings. The molecule has 27 heavy (non-hydrogen) atoms. The lowest BCUT2D eigenvalue weighted by Crippen LogP contribution is -2.37. The number of hydrogen-bond acceptors (Lipinski definition) is 4. The number of guanidine groups is 1. The zero-order valence-corrected chi connectivity index (χ0v) is 16.3. The Hall–Kier alpha value is -2.57. The van der Waals surface area contributed by atoms with Gasteiger partial charge in [0.05, 0.1) is 0 Å². The summed E-state index contributed by atoms with van der Waals surface area (Å²) in [6.45, 7) is 1.18. The summed E-state index contributed by atoms with van der Waals surface area (Å²) >= 11 is 12.2. The minimum absolute atomic E-state index is 0.522. The van der Waals surface area contributed by atoms with Gasteiger partial charge in [-0.25, -0.2) is 0 Å². The van der Waals surface area contributed by atoms with E-state index in [9.17, 15) is 0 Å². The molecule has 0 bridgehead atoms. The fraction of sp³-hybridized carbons (Fsp3) is 0.211. The largest absolute Gasteiger partial charge is 0.356 e. The number of benzene rings is 2. The lowest BCUT2D eigenvalue weighted by atomic mass is 10.2. The van der Waals surface area contributed by atoms with Gasteiger partial charge in [0.2, 0.25) is 11.7 Å². The van der Waals surface area contributed by atoms with Crippen LogP contribution in [0.25, 0.3) is 11.4 Å². The van der Waals surface area contributed by atoms with Crippen LogP contribution in [0.4, 0.5) is 0 Å². The molecule has 1 heterocycles. The van der Waals surface area contributed by atoms with E-state index in [-0.39, 0.29) is 0 Å². The first-order chi connectivity index (χ1) is 13.2. The van der Waals surface area contributed by atoms with E-state index in [1.807, 2.05) is 36.4 Å². The summed E-state index contributed by atoms with van der Waals surface area (Å²) < 4.78 is 5.30. The van der Waals surface area contributed by atoms with Gasteiger partial charge < -0.3 is 15.2 Å². The van der Waals surface area contributed by atoms with Crippen molar-refractivity contribution in [1.82, 2.24) is 20.8 Å². The number of hydrogen-bond donors (Lipinski definition) is 2. The molecule has 0 aliphatic carbocycles. The molecule has 0 radical (unpaired) electrons. The molecule has 2 N–H and O–H groups in total. The Morgan fingerprint density at radius 3 is 2.74 bits per heavy atom. The van der Waals surface area contributed by atoms with Crippen molar-refractivity contribution in [3.63, 3.8) is 0 Å². The van der Waals surface area contributed by atoms with E-state index in [1.54, 1.807) is 19.2 Å². The normalized spacial score (nSPS) is 11.4. The topological polar surface area (TPSA) is 75.3 Å². The Balaban J connectivity index is 1.49. The third kappa shape index (κ3) is 5.45. The molecule has 0 aliphatic heterocycles. The van der Waals surface area contributed by atoms with Gasteiger partial charge in [-0.05, 0) is 23.8 Å². The van der Waals surface area contributed by atoms with Crippen molar-refractivity contribution in [2.24, 2.45) is 4.99 Å². The third-order valence-electron chi connectivity index (χ3n) is 3.81. The van der Waals surface area contributed by atoms with Gasteiger partial charge in [-0.3, -0.25) is 4.99 Å². The summed E-state index contributed by atoms with van der Waals surface area (Å²) in [5, 5.41) is 11.8. The molecule has 3 rings (SSSR count). The third-order valence-corrected chi connectivity index (χ3v) is 4.41. The van der Waals surface area contributed by atoms with Gasteiger partial charge in [0.25, 0.3) is 0 Å². The SMILES string of the molecule is CN=C(NCCc1nc(-c2cccc(Cl)c2)no1)NCc1ccccc1Cl. The molecule has 0 saturated heterocycles. The second kappa shape index (κ2) is 9.39. The van der Waals surface area contributed by atoms with E-state index < -0.39 is 0 Å². The molecule has 140 valence electrons. The molecular weight excluding hydrogens is 385 g/mol. The van der Waals surface area contributed by atoms with Crippen LogP contribution >= 0.6 is 23.2 Å². The van der Waals surface area contributed by atoms with Crippen molar-refractivity contribution in [1.29, 1.82) is 0 Å². The molecule has 0 aliphatic rings. The number of aliphatic imine (C=N–C) groups is 1. The maximum absolute atomic E-state index is 6.16. The highest BCUT2D eigenvalue weighted by atomic mass is 35.5. The highest BCUT2D eigenvalue weighted by molar-refractivity contribution is 6.31. The summed E-state index contributed by atoms with van der Waals surface area (Å²) in [5.41, 5.74) is 1.83. The van der Waals surface area contributed by atoms with Crippen LogP contribution in [0.2, 0.25) is 10.0 Å². The van der Waals surface area contributed by atoms with Crippen molar-refractivity contribution >= 4 is 29.2 Å². The van der Waals surface area contributed by atoms with Gasteiger partial charge in [-0.15, -0.1) is 0 Å². The molecule has 6 nitrogen and oxygen atoms in total. The standard InChI is InChI=1S/C19H19Cl2N5O/c1-22-19(24-12-14-5-2-3-8-16(14)21)23-10-9-17-25-18(26-27-17)13-6-4-7-15(20)11-13/h2-8,11H,9-10,12H2,1H3,(H2,22,23,24). The minimum atomic E-state index is 0.522. The number of halogens is 2. The molecular formula is C19H19Cl2N5O. The Kier molecular flexibility index (Phi) is 6.68. The highest BCUT2D eigenvalue weighted by Crippen LogP contribution is 2.20. The van der Waals surface area contributed by atoms with E-state index in [0.29, 0.717) is 42.2 Å². The molecule has 0 spiro atoms. The van der Waals surface area contributed by atoms with Crippen LogP contribution in [0.15, 0.2) is 58.0 Å². The Bertz CT molecular complexity index is 926. The summed E-state index contributed by atoms with van der Waals surface area (Å²) in [5.74, 6) is 1.73. The molecule has 0 amide bonds. The quantitative estimate of drug-likeness (QED) is 0.481. The van der Waals surface area contributed by atoms with E-state index in [2.05, 4.69) is 25.8 Å². The van der Waals surface area contributed by atoms with Crippen molar-refractivity contribution in [3.8, 4) is 11.4 Å². The van der Waals surface area contributed by atoms with E-state index in [4.69, 9.17) is 27.7 Å². The average Bonchev–Trinajstić information content (AvgIpc) is 3.14. The second-order valence-corrected chi connectivity index (χ2v) is 6.56. The predicted molar refractivity (Wildman–Crippen MR) is 108 cm³/mol. The molecule has 0 atom stereocenters. The van der Waals surface area contributed by atoms with Crippen LogP contribution in [0.5, 0.6) is 0 Å².